The quantitative estimate of drug-likeness (QED) is 0.800. The van der Waals surface area contributed by atoms with Crippen molar-refractivity contribution in [1.82, 2.24) is 0 Å². The highest BCUT2D eigenvalue weighted by molar-refractivity contribution is 6.30. The Balaban J connectivity index is 1.60. The molecular formula is C20H27ClO3. The summed E-state index contributed by atoms with van der Waals surface area (Å²) in [6, 6.07) is 6.79. The Morgan fingerprint density at radius 3 is 2.75 bits per heavy atom. The van der Waals surface area contributed by atoms with E-state index in [1.807, 2.05) is 0 Å². The van der Waals surface area contributed by atoms with Crippen LogP contribution in [0.3, 0.4) is 0 Å². The van der Waals surface area contributed by atoms with E-state index in [9.17, 15) is 9.90 Å². The van der Waals surface area contributed by atoms with Crippen LogP contribution in [0.1, 0.15) is 56.3 Å². The van der Waals surface area contributed by atoms with E-state index in [-0.39, 0.29) is 17.5 Å². The van der Waals surface area contributed by atoms with Gasteiger partial charge in [0, 0.05) is 5.02 Å². The van der Waals surface area contributed by atoms with Crippen LogP contribution in [0.4, 0.5) is 0 Å². The third kappa shape index (κ3) is 3.34. The minimum atomic E-state index is -0.290. The van der Waals surface area contributed by atoms with Crippen LogP contribution >= 0.6 is 11.6 Å². The number of halogens is 1. The van der Waals surface area contributed by atoms with Crippen LogP contribution in [0, 0.1) is 23.2 Å². The highest BCUT2D eigenvalue weighted by Crippen LogP contribution is 2.57. The van der Waals surface area contributed by atoms with Crippen LogP contribution in [-0.2, 0) is 4.74 Å². The van der Waals surface area contributed by atoms with Crippen molar-refractivity contribution < 1.29 is 14.6 Å². The number of aliphatic hydroxyl groups excluding tert-OH is 1. The average Bonchev–Trinajstić information content (AvgIpc) is 2.91. The largest absolute Gasteiger partial charge is 0.462 e. The predicted molar refractivity (Wildman–Crippen MR) is 95.1 cm³/mol. The Hall–Kier alpha value is -1.06. The van der Waals surface area contributed by atoms with Crippen LogP contribution in [0.25, 0.3) is 0 Å². The lowest BCUT2D eigenvalue weighted by Crippen LogP contribution is -2.42. The molecular weight excluding hydrogens is 324 g/mol. The van der Waals surface area contributed by atoms with Gasteiger partial charge in [-0.1, -0.05) is 31.9 Å². The van der Waals surface area contributed by atoms with Gasteiger partial charge >= 0.3 is 5.97 Å². The topological polar surface area (TPSA) is 46.5 Å². The normalized spacial score (nSPS) is 33.8. The van der Waals surface area contributed by atoms with E-state index < -0.39 is 0 Å². The number of aliphatic hydroxyl groups is 1. The maximum absolute atomic E-state index is 12.2. The van der Waals surface area contributed by atoms with E-state index >= 15 is 0 Å². The summed E-state index contributed by atoms with van der Waals surface area (Å²) in [7, 11) is 0. The Morgan fingerprint density at radius 1 is 1.33 bits per heavy atom. The van der Waals surface area contributed by atoms with Crippen LogP contribution in [0.15, 0.2) is 24.3 Å². The SMILES string of the molecule is C[C@H](COC(=O)c1ccc(Cl)cc1)[C@H]1CC[C@H]2[C@@H](O)CCC[C@]12C. The van der Waals surface area contributed by atoms with E-state index in [1.54, 1.807) is 24.3 Å². The van der Waals surface area contributed by atoms with Crippen LogP contribution in [0.5, 0.6) is 0 Å². The van der Waals surface area contributed by atoms with E-state index in [4.69, 9.17) is 16.3 Å². The first kappa shape index (κ1) is 17.8. The van der Waals surface area contributed by atoms with Gasteiger partial charge in [-0.2, -0.15) is 0 Å². The number of esters is 1. The lowest BCUT2D eigenvalue weighted by atomic mass is 9.62. The summed E-state index contributed by atoms with van der Waals surface area (Å²) in [6.07, 6.45) is 5.27. The first-order valence-corrected chi connectivity index (χ1v) is 9.40. The van der Waals surface area contributed by atoms with Crippen molar-refractivity contribution in [1.29, 1.82) is 0 Å². The molecule has 0 unspecified atom stereocenters. The fourth-order valence-corrected chi connectivity index (χ4v) is 5.24. The molecule has 2 saturated carbocycles. The summed E-state index contributed by atoms with van der Waals surface area (Å²) in [5, 5.41) is 10.9. The summed E-state index contributed by atoms with van der Waals surface area (Å²) < 4.78 is 5.55. The zero-order valence-electron chi connectivity index (χ0n) is 14.5. The molecule has 2 aliphatic rings. The van der Waals surface area contributed by atoms with Gasteiger partial charge in [0.2, 0.25) is 0 Å². The molecule has 132 valence electrons. The lowest BCUT2D eigenvalue weighted by molar-refractivity contribution is -0.0346. The Morgan fingerprint density at radius 2 is 2.04 bits per heavy atom. The molecule has 0 aliphatic heterocycles. The minimum absolute atomic E-state index is 0.155. The van der Waals surface area contributed by atoms with Gasteiger partial charge in [0.15, 0.2) is 0 Å². The summed E-state index contributed by atoms with van der Waals surface area (Å²) >= 11 is 5.85. The second-order valence-corrected chi connectivity index (χ2v) is 8.27. The van der Waals surface area contributed by atoms with Gasteiger partial charge in [-0.15, -0.1) is 0 Å². The number of fused-ring (bicyclic) bond motifs is 1. The molecule has 1 aromatic rings. The van der Waals surface area contributed by atoms with Crippen LogP contribution in [0.2, 0.25) is 5.02 Å². The fraction of sp³-hybridized carbons (Fsp3) is 0.650. The minimum Gasteiger partial charge on any atom is -0.462 e. The molecule has 0 heterocycles. The van der Waals surface area contributed by atoms with Gasteiger partial charge in [0.1, 0.15) is 0 Å². The van der Waals surface area contributed by atoms with Gasteiger partial charge in [0.25, 0.3) is 0 Å². The van der Waals surface area contributed by atoms with E-state index in [0.717, 1.165) is 25.7 Å². The first-order valence-electron chi connectivity index (χ1n) is 9.02. The highest BCUT2D eigenvalue weighted by Gasteiger charge is 2.52. The van der Waals surface area contributed by atoms with Crippen molar-refractivity contribution in [2.75, 3.05) is 6.61 Å². The number of rotatable bonds is 4. The molecule has 1 aromatic carbocycles. The number of carbonyl (C=O) groups excluding carboxylic acids is 1. The molecule has 1 N–H and O–H groups in total. The molecule has 0 amide bonds. The first-order chi connectivity index (χ1) is 11.4. The predicted octanol–water partition coefficient (Wildman–Crippen LogP) is 4.71. The molecule has 0 radical (unpaired) electrons. The van der Waals surface area contributed by atoms with Gasteiger partial charge < -0.3 is 9.84 Å². The zero-order valence-corrected chi connectivity index (χ0v) is 15.3. The highest BCUT2D eigenvalue weighted by atomic mass is 35.5. The van der Waals surface area contributed by atoms with Gasteiger partial charge in [0.05, 0.1) is 18.3 Å². The maximum Gasteiger partial charge on any atom is 0.338 e. The molecule has 0 bridgehead atoms. The number of benzene rings is 1. The molecule has 4 heteroatoms. The molecule has 0 spiro atoms. The number of hydrogen-bond acceptors (Lipinski definition) is 3. The molecule has 3 nitrogen and oxygen atoms in total. The van der Waals surface area contributed by atoms with E-state index in [2.05, 4.69) is 13.8 Å². The number of ether oxygens (including phenoxy) is 1. The molecule has 2 aliphatic carbocycles. The lowest BCUT2D eigenvalue weighted by Gasteiger charge is -2.45. The summed E-state index contributed by atoms with van der Waals surface area (Å²) in [5.41, 5.74) is 0.722. The van der Waals surface area contributed by atoms with E-state index in [1.165, 1.54) is 6.42 Å². The third-order valence-corrected chi connectivity index (χ3v) is 6.66. The zero-order chi connectivity index (χ0) is 17.3. The second kappa shape index (κ2) is 7.05. The van der Waals surface area contributed by atoms with Crippen molar-refractivity contribution in [2.24, 2.45) is 23.2 Å². The van der Waals surface area contributed by atoms with Gasteiger partial charge in [-0.05, 0) is 73.1 Å². The van der Waals surface area contributed by atoms with Crippen molar-refractivity contribution in [2.45, 2.75) is 52.1 Å². The molecule has 2 fully saturated rings. The second-order valence-electron chi connectivity index (χ2n) is 7.84. The Bertz CT molecular complexity index is 585. The van der Waals surface area contributed by atoms with Crippen LogP contribution < -0.4 is 0 Å². The van der Waals surface area contributed by atoms with Crippen molar-refractivity contribution >= 4 is 17.6 Å². The summed E-state index contributed by atoms with van der Waals surface area (Å²) in [5.74, 6) is 0.935. The van der Waals surface area contributed by atoms with Crippen molar-refractivity contribution in [3.8, 4) is 0 Å². The Kier molecular flexibility index (Phi) is 5.22. The van der Waals surface area contributed by atoms with Crippen LogP contribution in [-0.4, -0.2) is 23.8 Å². The maximum atomic E-state index is 12.2. The number of hydrogen-bond donors (Lipinski definition) is 1. The molecule has 24 heavy (non-hydrogen) atoms. The molecule has 5 atom stereocenters. The molecule has 0 saturated heterocycles. The summed E-state index contributed by atoms with van der Waals surface area (Å²) in [6.45, 7) is 4.94. The average molecular weight is 351 g/mol. The monoisotopic (exact) mass is 350 g/mol. The van der Waals surface area contributed by atoms with Crippen molar-refractivity contribution in [3.05, 3.63) is 34.9 Å². The Labute approximate surface area is 149 Å². The van der Waals surface area contributed by atoms with E-state index in [0.29, 0.717) is 34.9 Å². The standard InChI is InChI=1S/C20H27ClO3/c1-13(12-24-19(23)14-5-7-15(21)8-6-14)16-9-10-17-18(22)4-3-11-20(16,17)2/h5-8,13,16-18,22H,3-4,9-12H2,1-2H3/t13-,16-,17+,18+,20-/m1/s1. The molecule has 0 aromatic heterocycles. The van der Waals surface area contributed by atoms with Gasteiger partial charge in [-0.3, -0.25) is 0 Å². The fourth-order valence-electron chi connectivity index (χ4n) is 5.12. The molecule has 3 rings (SSSR count). The summed E-state index contributed by atoms with van der Waals surface area (Å²) in [4.78, 5) is 12.2. The smallest absolute Gasteiger partial charge is 0.338 e. The number of carbonyl (C=O) groups is 1. The van der Waals surface area contributed by atoms with Gasteiger partial charge in [-0.25, -0.2) is 4.79 Å². The van der Waals surface area contributed by atoms with Crippen molar-refractivity contribution in [3.63, 3.8) is 0 Å². The third-order valence-electron chi connectivity index (χ3n) is 6.41.